The van der Waals surface area contributed by atoms with E-state index < -0.39 is 4.92 Å². The van der Waals surface area contributed by atoms with Crippen molar-refractivity contribution in [2.45, 2.75) is 5.37 Å². The van der Waals surface area contributed by atoms with E-state index in [-0.39, 0.29) is 17.0 Å². The Morgan fingerprint density at radius 2 is 2.04 bits per heavy atom. The van der Waals surface area contributed by atoms with Crippen LogP contribution in [0.3, 0.4) is 0 Å². The first-order valence-electron chi connectivity index (χ1n) is 7.39. The van der Waals surface area contributed by atoms with Crippen molar-refractivity contribution in [2.24, 2.45) is 0 Å². The highest BCUT2D eigenvalue weighted by Crippen LogP contribution is 2.44. The number of nitro groups is 1. The number of H-pyrrole nitrogens is 1. The number of aromatic amines is 1. The van der Waals surface area contributed by atoms with Gasteiger partial charge in [0.25, 0.3) is 5.69 Å². The molecule has 0 radical (unpaired) electrons. The number of non-ortho nitro benzene ring substituents is 1. The quantitative estimate of drug-likeness (QED) is 0.580. The van der Waals surface area contributed by atoms with E-state index in [1.165, 1.54) is 23.9 Å². The van der Waals surface area contributed by atoms with Gasteiger partial charge in [-0.1, -0.05) is 24.3 Å². The molecule has 3 aromatic rings. The van der Waals surface area contributed by atoms with E-state index in [1.54, 1.807) is 17.0 Å². The van der Waals surface area contributed by atoms with Crippen molar-refractivity contribution in [3.8, 4) is 0 Å². The Balaban J connectivity index is 1.80. The Morgan fingerprint density at radius 1 is 1.21 bits per heavy atom. The van der Waals surface area contributed by atoms with Gasteiger partial charge in [-0.15, -0.1) is 11.8 Å². The molecule has 0 bridgehead atoms. The van der Waals surface area contributed by atoms with Gasteiger partial charge in [-0.3, -0.25) is 19.8 Å². The van der Waals surface area contributed by atoms with Gasteiger partial charge >= 0.3 is 0 Å². The van der Waals surface area contributed by atoms with Gasteiger partial charge in [-0.2, -0.15) is 0 Å². The predicted octanol–water partition coefficient (Wildman–Crippen LogP) is 3.85. The van der Waals surface area contributed by atoms with Crippen molar-refractivity contribution in [3.63, 3.8) is 0 Å². The van der Waals surface area contributed by atoms with Crippen molar-refractivity contribution in [1.82, 2.24) is 4.98 Å². The lowest BCUT2D eigenvalue weighted by molar-refractivity contribution is -0.384. The molecule has 2 heterocycles. The molecule has 1 amide bonds. The van der Waals surface area contributed by atoms with E-state index in [1.807, 2.05) is 30.5 Å². The molecule has 1 saturated heterocycles. The summed E-state index contributed by atoms with van der Waals surface area (Å²) in [4.78, 5) is 27.9. The van der Waals surface area contributed by atoms with Gasteiger partial charge in [-0.05, 0) is 12.1 Å². The summed E-state index contributed by atoms with van der Waals surface area (Å²) in [7, 11) is 0. The van der Waals surface area contributed by atoms with Gasteiger partial charge in [0.2, 0.25) is 5.91 Å². The van der Waals surface area contributed by atoms with Crippen LogP contribution in [0, 0.1) is 10.1 Å². The molecule has 2 aromatic carbocycles. The Hall–Kier alpha value is -2.80. The Bertz CT molecular complexity index is 953. The van der Waals surface area contributed by atoms with Crippen LogP contribution < -0.4 is 4.90 Å². The average molecular weight is 339 g/mol. The summed E-state index contributed by atoms with van der Waals surface area (Å²) in [6, 6.07) is 14.1. The first kappa shape index (κ1) is 14.8. The number of carbonyl (C=O) groups is 1. The van der Waals surface area contributed by atoms with Gasteiger partial charge < -0.3 is 4.98 Å². The first-order valence-corrected chi connectivity index (χ1v) is 8.44. The number of nitrogens with one attached hydrogen (secondary N) is 1. The number of para-hydroxylation sites is 1. The molecular weight excluding hydrogens is 326 g/mol. The van der Waals surface area contributed by atoms with Crippen molar-refractivity contribution in [1.29, 1.82) is 0 Å². The largest absolute Gasteiger partial charge is 0.361 e. The van der Waals surface area contributed by atoms with Crippen LogP contribution in [0.4, 0.5) is 11.4 Å². The molecule has 6 nitrogen and oxygen atoms in total. The fraction of sp³-hybridized carbons (Fsp3) is 0.118. The number of hydrogen-bond donors (Lipinski definition) is 1. The zero-order chi connectivity index (χ0) is 16.7. The minimum atomic E-state index is -0.447. The van der Waals surface area contributed by atoms with Crippen LogP contribution in [-0.2, 0) is 4.79 Å². The van der Waals surface area contributed by atoms with Crippen LogP contribution in [0.2, 0.25) is 0 Å². The summed E-state index contributed by atoms with van der Waals surface area (Å²) < 4.78 is 0. The third kappa shape index (κ3) is 2.33. The average Bonchev–Trinajstić information content (AvgIpc) is 3.18. The van der Waals surface area contributed by atoms with E-state index in [0.29, 0.717) is 11.4 Å². The van der Waals surface area contributed by atoms with Crippen LogP contribution in [0.15, 0.2) is 54.7 Å². The smallest absolute Gasteiger partial charge is 0.271 e. The molecule has 4 rings (SSSR count). The fourth-order valence-corrected chi connectivity index (χ4v) is 4.19. The van der Waals surface area contributed by atoms with E-state index in [4.69, 9.17) is 0 Å². The molecule has 0 aliphatic carbocycles. The number of nitrogens with zero attached hydrogens (tertiary/aromatic N) is 2. The highest BCUT2D eigenvalue weighted by atomic mass is 32.2. The van der Waals surface area contributed by atoms with E-state index in [0.717, 1.165) is 16.5 Å². The summed E-state index contributed by atoms with van der Waals surface area (Å²) in [6.45, 7) is 0. The van der Waals surface area contributed by atoms with Crippen molar-refractivity contribution < 1.29 is 9.72 Å². The lowest BCUT2D eigenvalue weighted by atomic mass is 10.1. The molecule has 1 aromatic heterocycles. The molecule has 1 atom stereocenters. The summed E-state index contributed by atoms with van der Waals surface area (Å²) in [5.41, 5.74) is 2.55. The SMILES string of the molecule is O=C1CS[C@@H](c2c[nH]c3ccccc23)N1c1cccc([N+](=O)[O-])c1. The number of hydrogen-bond acceptors (Lipinski definition) is 4. The van der Waals surface area contributed by atoms with Crippen molar-refractivity contribution >= 4 is 39.9 Å². The van der Waals surface area contributed by atoms with E-state index in [9.17, 15) is 14.9 Å². The fourth-order valence-electron chi connectivity index (χ4n) is 2.99. The first-order chi connectivity index (χ1) is 11.6. The number of carbonyl (C=O) groups excluding carboxylic acids is 1. The maximum atomic E-state index is 12.4. The van der Waals surface area contributed by atoms with Gasteiger partial charge in [0.15, 0.2) is 0 Å². The number of fused-ring (bicyclic) bond motifs is 1. The zero-order valence-corrected chi connectivity index (χ0v) is 13.3. The molecule has 1 aliphatic rings. The van der Waals surface area contributed by atoms with Gasteiger partial charge in [-0.25, -0.2) is 0 Å². The summed E-state index contributed by atoms with van der Waals surface area (Å²) >= 11 is 1.53. The van der Waals surface area contributed by atoms with Gasteiger partial charge in [0, 0.05) is 34.8 Å². The third-order valence-electron chi connectivity index (χ3n) is 4.07. The van der Waals surface area contributed by atoms with Crippen molar-refractivity contribution in [3.05, 3.63) is 70.4 Å². The molecule has 7 heteroatoms. The lowest BCUT2D eigenvalue weighted by Crippen LogP contribution is -2.27. The second-order valence-electron chi connectivity index (χ2n) is 5.49. The number of aromatic nitrogens is 1. The molecule has 0 saturated carbocycles. The van der Waals surface area contributed by atoms with Crippen LogP contribution in [0.25, 0.3) is 10.9 Å². The standard InChI is InChI=1S/C17H13N3O3S/c21-16-10-24-17(14-9-18-15-7-2-1-6-13(14)15)19(16)11-4-3-5-12(8-11)20(22)23/h1-9,17-18H,10H2/t17-/m0/s1. The zero-order valence-electron chi connectivity index (χ0n) is 12.5. The minimum Gasteiger partial charge on any atom is -0.361 e. The maximum absolute atomic E-state index is 12.4. The summed E-state index contributed by atoms with van der Waals surface area (Å²) in [6.07, 6.45) is 1.91. The summed E-state index contributed by atoms with van der Waals surface area (Å²) in [5.74, 6) is 0.308. The van der Waals surface area contributed by atoms with Crippen LogP contribution in [0.1, 0.15) is 10.9 Å². The van der Waals surface area contributed by atoms with Gasteiger partial charge in [0.1, 0.15) is 5.37 Å². The maximum Gasteiger partial charge on any atom is 0.271 e. The second kappa shape index (κ2) is 5.68. The molecule has 120 valence electrons. The summed E-state index contributed by atoms with van der Waals surface area (Å²) in [5, 5.41) is 11.9. The Kier molecular flexibility index (Phi) is 3.50. The number of nitro benzene ring substituents is 1. The van der Waals surface area contributed by atoms with Gasteiger partial charge in [0.05, 0.1) is 16.4 Å². The highest BCUT2D eigenvalue weighted by Gasteiger charge is 2.35. The molecule has 0 spiro atoms. The molecule has 1 N–H and O–H groups in total. The Labute approximate surface area is 141 Å². The van der Waals surface area contributed by atoms with Crippen LogP contribution in [-0.4, -0.2) is 21.6 Å². The third-order valence-corrected chi connectivity index (χ3v) is 5.27. The normalized spacial score (nSPS) is 17.6. The van der Waals surface area contributed by atoms with E-state index >= 15 is 0 Å². The Morgan fingerprint density at radius 3 is 2.88 bits per heavy atom. The number of benzene rings is 2. The van der Waals surface area contributed by atoms with Crippen molar-refractivity contribution in [2.75, 3.05) is 10.7 Å². The molecular formula is C17H13N3O3S. The minimum absolute atomic E-state index is 0.0186. The number of amides is 1. The van der Waals surface area contributed by atoms with Crippen LogP contribution >= 0.6 is 11.8 Å². The van der Waals surface area contributed by atoms with E-state index in [2.05, 4.69) is 4.98 Å². The lowest BCUT2D eigenvalue weighted by Gasteiger charge is -2.23. The topological polar surface area (TPSA) is 79.2 Å². The monoisotopic (exact) mass is 339 g/mol. The highest BCUT2D eigenvalue weighted by molar-refractivity contribution is 8.00. The predicted molar refractivity (Wildman–Crippen MR) is 94.1 cm³/mol. The number of thioether (sulfide) groups is 1. The molecule has 1 fully saturated rings. The number of anilines is 1. The molecule has 0 unspecified atom stereocenters. The number of rotatable bonds is 3. The molecule has 24 heavy (non-hydrogen) atoms. The second-order valence-corrected chi connectivity index (χ2v) is 6.56. The molecule has 1 aliphatic heterocycles. The van der Waals surface area contributed by atoms with Crippen LogP contribution in [0.5, 0.6) is 0 Å².